The van der Waals surface area contributed by atoms with Gasteiger partial charge in [-0.25, -0.2) is 0 Å². The first-order chi connectivity index (χ1) is 10.1. The number of thiophene rings is 1. The average molecular weight is 307 g/mol. The van der Waals surface area contributed by atoms with E-state index in [0.717, 1.165) is 0 Å². The SMILES string of the molecule is C[C@H]1[C@H](O)[C@@H](CO)N(Cc2csc3ccccc23)C[C@@H]1O. The highest BCUT2D eigenvalue weighted by molar-refractivity contribution is 7.17. The third-order valence-electron chi connectivity index (χ3n) is 4.55. The van der Waals surface area contributed by atoms with Gasteiger partial charge in [0.1, 0.15) is 0 Å². The molecule has 21 heavy (non-hydrogen) atoms. The van der Waals surface area contributed by atoms with Crippen LogP contribution in [0.1, 0.15) is 12.5 Å². The second kappa shape index (κ2) is 6.02. The quantitative estimate of drug-likeness (QED) is 0.803. The number of fused-ring (bicyclic) bond motifs is 1. The summed E-state index contributed by atoms with van der Waals surface area (Å²) >= 11 is 1.70. The van der Waals surface area contributed by atoms with Gasteiger partial charge in [0, 0.05) is 23.7 Å². The zero-order valence-electron chi connectivity index (χ0n) is 12.0. The van der Waals surface area contributed by atoms with Gasteiger partial charge in [-0.05, 0) is 22.4 Å². The number of likely N-dealkylation sites (tertiary alicyclic amines) is 1. The summed E-state index contributed by atoms with van der Waals surface area (Å²) in [5.74, 6) is -0.211. The lowest BCUT2D eigenvalue weighted by Gasteiger charge is -2.44. The first-order valence-electron chi connectivity index (χ1n) is 7.28. The molecule has 1 aromatic carbocycles. The summed E-state index contributed by atoms with van der Waals surface area (Å²) in [5.41, 5.74) is 1.18. The molecule has 5 heteroatoms. The lowest BCUT2D eigenvalue weighted by molar-refractivity contribution is -0.105. The van der Waals surface area contributed by atoms with E-state index in [1.54, 1.807) is 11.3 Å². The Morgan fingerprint density at radius 1 is 1.29 bits per heavy atom. The topological polar surface area (TPSA) is 63.9 Å². The van der Waals surface area contributed by atoms with Gasteiger partial charge in [-0.3, -0.25) is 4.90 Å². The van der Waals surface area contributed by atoms with Crippen LogP contribution < -0.4 is 0 Å². The van der Waals surface area contributed by atoms with Crippen LogP contribution in [0.5, 0.6) is 0 Å². The Labute approximate surface area is 128 Å². The predicted octanol–water partition coefficient (Wildman–Crippen LogP) is 1.44. The molecule has 0 bridgehead atoms. The van der Waals surface area contributed by atoms with Crippen molar-refractivity contribution in [2.75, 3.05) is 13.2 Å². The van der Waals surface area contributed by atoms with Crippen molar-refractivity contribution in [1.29, 1.82) is 0 Å². The minimum absolute atomic E-state index is 0.0969. The lowest BCUT2D eigenvalue weighted by atomic mass is 9.87. The monoisotopic (exact) mass is 307 g/mol. The van der Waals surface area contributed by atoms with Gasteiger partial charge >= 0.3 is 0 Å². The molecule has 1 aliphatic heterocycles. The fourth-order valence-electron chi connectivity index (χ4n) is 3.12. The van der Waals surface area contributed by atoms with Gasteiger partial charge in [0.15, 0.2) is 0 Å². The molecule has 1 aromatic heterocycles. The molecule has 0 spiro atoms. The molecule has 3 N–H and O–H groups in total. The van der Waals surface area contributed by atoms with Crippen LogP contribution in [0.25, 0.3) is 10.1 Å². The lowest BCUT2D eigenvalue weighted by Crippen LogP contribution is -2.58. The maximum atomic E-state index is 10.3. The van der Waals surface area contributed by atoms with E-state index in [2.05, 4.69) is 17.5 Å². The molecule has 0 aliphatic carbocycles. The van der Waals surface area contributed by atoms with Gasteiger partial charge in [-0.1, -0.05) is 25.1 Å². The molecule has 1 fully saturated rings. The number of β-amino-alcohol motifs (C(OH)–C–C–N with tert-alkyl or cyclic N) is 1. The Morgan fingerprint density at radius 2 is 2.05 bits per heavy atom. The van der Waals surface area contributed by atoms with Gasteiger partial charge in [0.2, 0.25) is 0 Å². The van der Waals surface area contributed by atoms with Crippen LogP contribution in [0.15, 0.2) is 29.6 Å². The van der Waals surface area contributed by atoms with E-state index in [9.17, 15) is 15.3 Å². The molecule has 3 rings (SSSR count). The number of benzene rings is 1. The van der Waals surface area contributed by atoms with Crippen LogP contribution in [0.2, 0.25) is 0 Å². The molecule has 1 saturated heterocycles. The molecule has 0 radical (unpaired) electrons. The van der Waals surface area contributed by atoms with Crippen molar-refractivity contribution in [3.8, 4) is 0 Å². The second-order valence-electron chi connectivity index (χ2n) is 5.85. The fourth-order valence-corrected chi connectivity index (χ4v) is 4.07. The van der Waals surface area contributed by atoms with Crippen molar-refractivity contribution in [1.82, 2.24) is 4.90 Å². The molecule has 4 atom stereocenters. The summed E-state index contributed by atoms with van der Waals surface area (Å²) in [4.78, 5) is 1.99. The fraction of sp³-hybridized carbons (Fsp3) is 0.500. The van der Waals surface area contributed by atoms with Crippen molar-refractivity contribution in [3.63, 3.8) is 0 Å². The Bertz CT molecular complexity index is 614. The molecular formula is C16H21NO3S. The Balaban J connectivity index is 1.85. The maximum Gasteiger partial charge on any atom is 0.0768 e. The highest BCUT2D eigenvalue weighted by atomic mass is 32.1. The van der Waals surface area contributed by atoms with Gasteiger partial charge in [0.25, 0.3) is 0 Å². The number of nitrogens with zero attached hydrogens (tertiary/aromatic N) is 1. The van der Waals surface area contributed by atoms with E-state index in [1.807, 2.05) is 24.0 Å². The van der Waals surface area contributed by atoms with Crippen LogP contribution in [0, 0.1) is 5.92 Å². The normalized spacial score (nSPS) is 30.9. The van der Waals surface area contributed by atoms with Crippen LogP contribution in [0.3, 0.4) is 0 Å². The van der Waals surface area contributed by atoms with Crippen molar-refractivity contribution >= 4 is 21.4 Å². The Hall–Kier alpha value is -0.980. The second-order valence-corrected chi connectivity index (χ2v) is 6.76. The first kappa shape index (κ1) is 14.9. The van der Waals surface area contributed by atoms with E-state index >= 15 is 0 Å². The number of rotatable bonds is 3. The van der Waals surface area contributed by atoms with E-state index < -0.39 is 12.2 Å². The predicted molar refractivity (Wildman–Crippen MR) is 84.3 cm³/mol. The van der Waals surface area contributed by atoms with Gasteiger partial charge < -0.3 is 15.3 Å². The summed E-state index contributed by atoms with van der Waals surface area (Å²) in [5, 5.41) is 33.3. The molecule has 0 unspecified atom stereocenters. The highest BCUT2D eigenvalue weighted by Gasteiger charge is 2.39. The minimum Gasteiger partial charge on any atom is -0.395 e. The molecule has 2 aromatic rings. The molecule has 0 amide bonds. The van der Waals surface area contributed by atoms with Crippen molar-refractivity contribution in [3.05, 3.63) is 35.2 Å². The summed E-state index contributed by atoms with van der Waals surface area (Å²) in [6, 6.07) is 7.91. The van der Waals surface area contributed by atoms with Gasteiger partial charge in [0.05, 0.1) is 24.9 Å². The van der Waals surface area contributed by atoms with E-state index in [4.69, 9.17) is 0 Å². The van der Waals surface area contributed by atoms with E-state index in [1.165, 1.54) is 15.6 Å². The van der Waals surface area contributed by atoms with E-state index in [0.29, 0.717) is 13.1 Å². The molecule has 0 saturated carbocycles. The molecular weight excluding hydrogens is 286 g/mol. The zero-order valence-corrected chi connectivity index (χ0v) is 12.8. The number of aliphatic hydroxyl groups is 3. The third kappa shape index (κ3) is 2.72. The molecule has 114 valence electrons. The molecule has 4 nitrogen and oxygen atoms in total. The minimum atomic E-state index is -0.705. The Kier molecular flexibility index (Phi) is 4.28. The summed E-state index contributed by atoms with van der Waals surface area (Å²) in [6.45, 7) is 2.85. The summed E-state index contributed by atoms with van der Waals surface area (Å²) < 4.78 is 1.24. The number of hydrogen-bond donors (Lipinski definition) is 3. The zero-order chi connectivity index (χ0) is 15.0. The maximum absolute atomic E-state index is 10.3. The summed E-state index contributed by atoms with van der Waals surface area (Å²) in [7, 11) is 0. The number of piperidine rings is 1. The van der Waals surface area contributed by atoms with Crippen LogP contribution in [-0.2, 0) is 6.54 Å². The van der Waals surface area contributed by atoms with Crippen LogP contribution in [-0.4, -0.2) is 51.6 Å². The van der Waals surface area contributed by atoms with Crippen molar-refractivity contribution < 1.29 is 15.3 Å². The highest BCUT2D eigenvalue weighted by Crippen LogP contribution is 2.30. The van der Waals surface area contributed by atoms with Gasteiger partial charge in [-0.15, -0.1) is 11.3 Å². The molecule has 2 heterocycles. The van der Waals surface area contributed by atoms with Crippen molar-refractivity contribution in [2.45, 2.75) is 31.7 Å². The average Bonchev–Trinajstić information content (AvgIpc) is 2.89. The summed E-state index contributed by atoms with van der Waals surface area (Å²) in [6.07, 6.45) is -1.27. The standard InChI is InChI=1S/C16H21NO3S/c1-10-14(19)7-17(13(8-18)16(10)20)6-11-9-21-15-5-3-2-4-12(11)15/h2-5,9-10,13-14,16,18-20H,6-8H2,1H3/t10-,13-,14+,16+/m1/s1. The van der Waals surface area contributed by atoms with E-state index in [-0.39, 0.29) is 18.6 Å². The smallest absolute Gasteiger partial charge is 0.0768 e. The third-order valence-corrected chi connectivity index (χ3v) is 5.56. The van der Waals surface area contributed by atoms with Gasteiger partial charge in [-0.2, -0.15) is 0 Å². The Morgan fingerprint density at radius 3 is 2.81 bits per heavy atom. The van der Waals surface area contributed by atoms with Crippen LogP contribution in [0.4, 0.5) is 0 Å². The van der Waals surface area contributed by atoms with Crippen LogP contribution >= 0.6 is 11.3 Å². The largest absolute Gasteiger partial charge is 0.395 e. The molecule has 1 aliphatic rings. The van der Waals surface area contributed by atoms with Crippen molar-refractivity contribution in [2.24, 2.45) is 5.92 Å². The number of aliphatic hydroxyl groups excluding tert-OH is 3. The number of hydrogen-bond acceptors (Lipinski definition) is 5. The first-order valence-corrected chi connectivity index (χ1v) is 8.16.